The number of pyridine rings is 2. The molecule has 4 aromatic heterocycles. The molecule has 0 unspecified atom stereocenters. The van der Waals surface area contributed by atoms with Gasteiger partial charge in [0.05, 0.1) is 23.6 Å². The van der Waals surface area contributed by atoms with Crippen LogP contribution in [0.25, 0.3) is 16.9 Å². The molecule has 9 heteroatoms. The predicted molar refractivity (Wildman–Crippen MR) is 118 cm³/mol. The lowest BCUT2D eigenvalue weighted by Crippen LogP contribution is -2.30. The predicted octanol–water partition coefficient (Wildman–Crippen LogP) is 3.23. The van der Waals surface area contributed by atoms with E-state index in [2.05, 4.69) is 31.7 Å². The molecule has 0 saturated carbocycles. The number of ether oxygens (including phenoxy) is 1. The molecule has 0 spiro atoms. The van der Waals surface area contributed by atoms with Gasteiger partial charge in [0.1, 0.15) is 29.2 Å². The lowest BCUT2D eigenvalue weighted by atomic mass is 10.1. The van der Waals surface area contributed by atoms with Gasteiger partial charge in [-0.1, -0.05) is 11.3 Å². The maximum Gasteiger partial charge on any atom is 0.201 e. The Hall–Kier alpha value is -3.77. The summed E-state index contributed by atoms with van der Waals surface area (Å²) in [5.41, 5.74) is 4.49. The fourth-order valence-corrected chi connectivity index (χ4v) is 4.24. The van der Waals surface area contributed by atoms with Crippen LogP contribution in [-0.4, -0.2) is 42.5 Å². The minimum absolute atomic E-state index is 0.310. The van der Waals surface area contributed by atoms with E-state index in [9.17, 15) is 5.26 Å². The number of rotatable bonds is 5. The lowest BCUT2D eigenvalue weighted by molar-refractivity contribution is 0.210. The van der Waals surface area contributed by atoms with Crippen LogP contribution in [-0.2, 0) is 0 Å². The third-order valence-electron chi connectivity index (χ3n) is 5.94. The number of hydrogen-bond donors (Lipinski definition) is 1. The Morgan fingerprint density at radius 1 is 1.22 bits per heavy atom. The normalized spacial score (nSPS) is 15.5. The molecule has 1 saturated heterocycles. The standard InChI is InChI=1S/C23H24N8O/c1-15-23(28-29-31(15)18-6-9-25-10-7-18)17-11-21-27-14-19(13-24)30(21)22(12-17)32-16(2)20-5-3-4-8-26-20/h3-5,8,11-12,14,16,18,25H,6-7,9-10H2,1-2H3/t16-/m1/s1. The Morgan fingerprint density at radius 2 is 2.06 bits per heavy atom. The summed E-state index contributed by atoms with van der Waals surface area (Å²) in [6, 6.07) is 12.1. The number of imidazole rings is 1. The third kappa shape index (κ3) is 3.59. The highest BCUT2D eigenvalue weighted by molar-refractivity contribution is 5.68. The van der Waals surface area contributed by atoms with E-state index in [1.165, 1.54) is 0 Å². The van der Waals surface area contributed by atoms with Crippen molar-refractivity contribution >= 4 is 5.65 Å². The minimum Gasteiger partial charge on any atom is -0.469 e. The largest absolute Gasteiger partial charge is 0.469 e. The first kappa shape index (κ1) is 20.2. The Bertz CT molecular complexity index is 1280. The van der Waals surface area contributed by atoms with Crippen LogP contribution in [0.1, 0.15) is 49.0 Å². The Balaban J connectivity index is 1.57. The average molecular weight is 429 g/mol. The van der Waals surface area contributed by atoms with Crippen LogP contribution in [0, 0.1) is 18.3 Å². The number of nitrogens with one attached hydrogen (secondary N) is 1. The molecule has 1 aliphatic rings. The summed E-state index contributed by atoms with van der Waals surface area (Å²) in [5.74, 6) is 0.514. The second-order valence-electron chi connectivity index (χ2n) is 7.99. The maximum atomic E-state index is 9.57. The van der Waals surface area contributed by atoms with Crippen LogP contribution in [0.15, 0.2) is 42.7 Å². The highest BCUT2D eigenvalue weighted by atomic mass is 16.5. The van der Waals surface area contributed by atoms with E-state index in [1.54, 1.807) is 16.8 Å². The van der Waals surface area contributed by atoms with Crippen molar-refractivity contribution in [2.24, 2.45) is 0 Å². The Kier molecular flexibility index (Phi) is 5.29. The number of fused-ring (bicyclic) bond motifs is 1. The quantitative estimate of drug-likeness (QED) is 0.520. The lowest BCUT2D eigenvalue weighted by Gasteiger charge is -2.23. The van der Waals surface area contributed by atoms with Gasteiger partial charge in [-0.3, -0.25) is 9.38 Å². The van der Waals surface area contributed by atoms with Crippen LogP contribution < -0.4 is 10.1 Å². The molecule has 0 amide bonds. The number of aromatic nitrogens is 6. The van der Waals surface area contributed by atoms with Gasteiger partial charge < -0.3 is 10.1 Å². The first-order valence-electron chi connectivity index (χ1n) is 10.8. The van der Waals surface area contributed by atoms with Crippen molar-refractivity contribution < 1.29 is 4.74 Å². The Morgan fingerprint density at radius 3 is 2.81 bits per heavy atom. The maximum absolute atomic E-state index is 9.57. The molecule has 4 aromatic rings. The zero-order chi connectivity index (χ0) is 22.1. The average Bonchev–Trinajstić information content (AvgIpc) is 3.43. The van der Waals surface area contributed by atoms with Crippen molar-refractivity contribution in [2.75, 3.05) is 13.1 Å². The van der Waals surface area contributed by atoms with E-state index < -0.39 is 0 Å². The number of nitrogens with zero attached hydrogens (tertiary/aromatic N) is 7. The van der Waals surface area contributed by atoms with E-state index in [0.717, 1.165) is 48.6 Å². The number of nitriles is 1. The van der Waals surface area contributed by atoms with Crippen LogP contribution in [0.5, 0.6) is 5.88 Å². The summed E-state index contributed by atoms with van der Waals surface area (Å²) in [6.45, 7) is 5.95. The van der Waals surface area contributed by atoms with Crippen LogP contribution in [0.2, 0.25) is 0 Å². The summed E-state index contributed by atoms with van der Waals surface area (Å²) in [7, 11) is 0. The second kappa shape index (κ2) is 8.40. The molecule has 1 N–H and O–H groups in total. The molecule has 0 aromatic carbocycles. The summed E-state index contributed by atoms with van der Waals surface area (Å²) in [4.78, 5) is 8.81. The van der Waals surface area contributed by atoms with Gasteiger partial charge >= 0.3 is 0 Å². The first-order chi connectivity index (χ1) is 15.7. The molecular weight excluding hydrogens is 404 g/mol. The van der Waals surface area contributed by atoms with Gasteiger partial charge in [-0.15, -0.1) is 5.10 Å². The van der Waals surface area contributed by atoms with Gasteiger partial charge in [0, 0.05) is 17.8 Å². The van der Waals surface area contributed by atoms with E-state index in [0.29, 0.717) is 23.3 Å². The van der Waals surface area contributed by atoms with Crippen molar-refractivity contribution in [3.05, 3.63) is 59.8 Å². The SMILES string of the molecule is Cc1c(-c2cc(O[C@H](C)c3ccccn3)n3c(C#N)cnc3c2)nnn1C1CCNCC1. The molecule has 5 rings (SSSR count). The minimum atomic E-state index is -0.310. The first-order valence-corrected chi connectivity index (χ1v) is 10.8. The molecule has 0 radical (unpaired) electrons. The molecular formula is C23H24N8O. The second-order valence-corrected chi connectivity index (χ2v) is 7.99. The highest BCUT2D eigenvalue weighted by Gasteiger charge is 2.22. The van der Waals surface area contributed by atoms with Crippen LogP contribution >= 0.6 is 0 Å². The molecule has 0 aliphatic carbocycles. The monoisotopic (exact) mass is 428 g/mol. The van der Waals surface area contributed by atoms with Gasteiger partial charge in [-0.25, -0.2) is 9.67 Å². The van der Waals surface area contributed by atoms with Crippen molar-refractivity contribution in [2.45, 2.75) is 38.8 Å². The highest BCUT2D eigenvalue weighted by Crippen LogP contribution is 2.32. The van der Waals surface area contributed by atoms with E-state index in [4.69, 9.17) is 4.74 Å². The van der Waals surface area contributed by atoms with Crippen molar-refractivity contribution in [3.8, 4) is 23.2 Å². The van der Waals surface area contributed by atoms with Gasteiger partial charge in [-0.05, 0) is 58.0 Å². The smallest absolute Gasteiger partial charge is 0.201 e. The molecule has 9 nitrogen and oxygen atoms in total. The van der Waals surface area contributed by atoms with Gasteiger partial charge in [0.2, 0.25) is 5.88 Å². The summed E-state index contributed by atoms with van der Waals surface area (Å²) >= 11 is 0. The fourth-order valence-electron chi connectivity index (χ4n) is 4.24. The number of piperidine rings is 1. The molecule has 1 aliphatic heterocycles. The summed E-state index contributed by atoms with van der Waals surface area (Å²) in [5, 5.41) is 21.9. The summed E-state index contributed by atoms with van der Waals surface area (Å²) < 4.78 is 10.0. The number of hydrogen-bond acceptors (Lipinski definition) is 7. The zero-order valence-corrected chi connectivity index (χ0v) is 18.1. The Labute approximate surface area is 185 Å². The van der Waals surface area contributed by atoms with E-state index in [-0.39, 0.29) is 6.10 Å². The molecule has 5 heterocycles. The summed E-state index contributed by atoms with van der Waals surface area (Å²) in [6.07, 6.45) is 5.04. The van der Waals surface area contributed by atoms with Crippen molar-refractivity contribution in [3.63, 3.8) is 0 Å². The van der Waals surface area contributed by atoms with E-state index >= 15 is 0 Å². The van der Waals surface area contributed by atoms with Gasteiger partial charge in [0.15, 0.2) is 0 Å². The van der Waals surface area contributed by atoms with Gasteiger partial charge in [0.25, 0.3) is 0 Å². The topological polar surface area (TPSA) is 106 Å². The fraction of sp³-hybridized carbons (Fsp3) is 0.348. The molecule has 162 valence electrons. The molecule has 32 heavy (non-hydrogen) atoms. The zero-order valence-electron chi connectivity index (χ0n) is 18.1. The van der Waals surface area contributed by atoms with Gasteiger partial charge in [-0.2, -0.15) is 5.26 Å². The van der Waals surface area contributed by atoms with Crippen LogP contribution in [0.3, 0.4) is 0 Å². The van der Waals surface area contributed by atoms with Crippen LogP contribution in [0.4, 0.5) is 0 Å². The molecule has 1 atom stereocenters. The molecule has 0 bridgehead atoms. The third-order valence-corrected chi connectivity index (χ3v) is 5.94. The van der Waals surface area contributed by atoms with E-state index in [1.807, 2.05) is 48.9 Å². The van der Waals surface area contributed by atoms with Crippen molar-refractivity contribution in [1.29, 1.82) is 5.26 Å². The van der Waals surface area contributed by atoms with Crippen molar-refractivity contribution in [1.82, 2.24) is 34.7 Å². The molecule has 1 fully saturated rings.